The van der Waals surface area contributed by atoms with Crippen LogP contribution >= 0.6 is 0 Å². The smallest absolute Gasteiger partial charge is 0.351 e. The Morgan fingerprint density at radius 1 is 1.18 bits per heavy atom. The van der Waals surface area contributed by atoms with E-state index in [1.54, 1.807) is 9.91 Å². The fourth-order valence-electron chi connectivity index (χ4n) is 2.10. The van der Waals surface area contributed by atoms with Crippen LogP contribution in [0.2, 0.25) is 0 Å². The first-order valence-corrected chi connectivity index (χ1v) is 5.50. The van der Waals surface area contributed by atoms with Gasteiger partial charge in [0.15, 0.2) is 0 Å². The van der Waals surface area contributed by atoms with Gasteiger partial charge in [-0.25, -0.2) is 14.7 Å². The van der Waals surface area contributed by atoms with E-state index in [1.165, 1.54) is 0 Å². The van der Waals surface area contributed by atoms with Crippen molar-refractivity contribution in [1.29, 1.82) is 0 Å². The van der Waals surface area contributed by atoms with Gasteiger partial charge in [0.1, 0.15) is 12.6 Å². The summed E-state index contributed by atoms with van der Waals surface area (Å²) in [6, 6.07) is 9.40. The van der Waals surface area contributed by atoms with Gasteiger partial charge in [0, 0.05) is 0 Å². The molecule has 0 aliphatic carbocycles. The Morgan fingerprint density at radius 3 is 2.65 bits per heavy atom. The standard InChI is InChI=1S/C12H13N3O2/c1-10-13-7-8-17-9-14(13)12(16)15(10)11-5-3-2-4-6-11/h2-6H,1,7-9H2. The average molecular weight is 231 g/mol. The van der Waals surface area contributed by atoms with E-state index in [2.05, 4.69) is 6.58 Å². The molecule has 2 amide bonds. The zero-order chi connectivity index (χ0) is 11.8. The van der Waals surface area contributed by atoms with Crippen molar-refractivity contribution in [3.05, 3.63) is 42.7 Å². The van der Waals surface area contributed by atoms with Crippen molar-refractivity contribution < 1.29 is 9.53 Å². The number of rotatable bonds is 1. The molecule has 1 aromatic rings. The van der Waals surface area contributed by atoms with Crippen molar-refractivity contribution in [3.63, 3.8) is 0 Å². The number of carbonyl (C=O) groups is 1. The fraction of sp³-hybridized carbons (Fsp3) is 0.250. The van der Waals surface area contributed by atoms with E-state index in [-0.39, 0.29) is 6.03 Å². The molecule has 3 rings (SSSR count). The van der Waals surface area contributed by atoms with Crippen LogP contribution in [0.25, 0.3) is 0 Å². The highest BCUT2D eigenvalue weighted by molar-refractivity contribution is 5.97. The van der Waals surface area contributed by atoms with Crippen LogP contribution in [0.5, 0.6) is 0 Å². The second-order valence-electron chi connectivity index (χ2n) is 3.93. The summed E-state index contributed by atoms with van der Waals surface area (Å²) in [6.07, 6.45) is 0. The topological polar surface area (TPSA) is 36.0 Å². The molecular formula is C12H13N3O2. The Morgan fingerprint density at radius 2 is 1.94 bits per heavy atom. The molecule has 0 atom stereocenters. The van der Waals surface area contributed by atoms with Gasteiger partial charge in [0.25, 0.3) is 0 Å². The summed E-state index contributed by atoms with van der Waals surface area (Å²) in [5.41, 5.74) is 0.830. The number of benzene rings is 1. The maximum absolute atomic E-state index is 12.2. The van der Waals surface area contributed by atoms with Crippen LogP contribution in [0.4, 0.5) is 10.5 Å². The molecule has 0 spiro atoms. The second kappa shape index (κ2) is 3.78. The van der Waals surface area contributed by atoms with E-state index in [0.717, 1.165) is 5.69 Å². The van der Waals surface area contributed by atoms with Crippen LogP contribution in [0.15, 0.2) is 42.7 Å². The van der Waals surface area contributed by atoms with Gasteiger partial charge < -0.3 is 4.74 Å². The van der Waals surface area contributed by atoms with Gasteiger partial charge in [0.05, 0.1) is 18.8 Å². The molecule has 5 nitrogen and oxygen atoms in total. The van der Waals surface area contributed by atoms with Crippen LogP contribution in [-0.4, -0.2) is 35.9 Å². The lowest BCUT2D eigenvalue weighted by atomic mass is 10.3. The number of ether oxygens (including phenoxy) is 1. The molecule has 2 aliphatic rings. The lowest BCUT2D eigenvalue weighted by Crippen LogP contribution is -2.45. The van der Waals surface area contributed by atoms with Crippen molar-refractivity contribution in [2.75, 3.05) is 24.8 Å². The monoisotopic (exact) mass is 231 g/mol. The maximum Gasteiger partial charge on any atom is 0.351 e. The SMILES string of the molecule is C=C1N(c2ccccc2)C(=O)N2COCCN12. The molecule has 0 saturated carbocycles. The van der Waals surface area contributed by atoms with E-state index in [9.17, 15) is 4.79 Å². The number of urea groups is 1. The van der Waals surface area contributed by atoms with Gasteiger partial charge in [-0.05, 0) is 12.1 Å². The van der Waals surface area contributed by atoms with Crippen LogP contribution < -0.4 is 4.90 Å². The summed E-state index contributed by atoms with van der Waals surface area (Å²) < 4.78 is 5.28. The van der Waals surface area contributed by atoms with Gasteiger partial charge in [0.2, 0.25) is 0 Å². The summed E-state index contributed by atoms with van der Waals surface area (Å²) >= 11 is 0. The number of amides is 2. The van der Waals surface area contributed by atoms with E-state index in [1.807, 2.05) is 35.3 Å². The highest BCUT2D eigenvalue weighted by atomic mass is 16.5. The molecule has 0 N–H and O–H groups in total. The highest BCUT2D eigenvalue weighted by Gasteiger charge is 2.41. The summed E-state index contributed by atoms with van der Waals surface area (Å²) in [6.45, 7) is 5.55. The van der Waals surface area contributed by atoms with Gasteiger partial charge in [-0.1, -0.05) is 24.8 Å². The predicted octanol–water partition coefficient (Wildman–Crippen LogP) is 1.60. The summed E-state index contributed by atoms with van der Waals surface area (Å²) in [5.74, 6) is 0.685. The first-order valence-electron chi connectivity index (χ1n) is 5.50. The summed E-state index contributed by atoms with van der Waals surface area (Å²) in [4.78, 5) is 13.8. The van der Waals surface area contributed by atoms with Gasteiger partial charge in [-0.3, -0.25) is 5.01 Å². The molecular weight excluding hydrogens is 218 g/mol. The van der Waals surface area contributed by atoms with Gasteiger partial charge in [-0.15, -0.1) is 0 Å². The third kappa shape index (κ3) is 1.47. The van der Waals surface area contributed by atoms with Crippen molar-refractivity contribution in [3.8, 4) is 0 Å². The van der Waals surface area contributed by atoms with Crippen molar-refractivity contribution >= 4 is 11.7 Å². The van der Waals surface area contributed by atoms with E-state index in [4.69, 9.17) is 4.74 Å². The predicted molar refractivity (Wildman–Crippen MR) is 62.8 cm³/mol. The Balaban J connectivity index is 1.96. The van der Waals surface area contributed by atoms with E-state index < -0.39 is 0 Å². The van der Waals surface area contributed by atoms with Gasteiger partial charge >= 0.3 is 6.03 Å². The number of hydrogen-bond donors (Lipinski definition) is 0. The Hall–Kier alpha value is -2.01. The normalized spacial score (nSPS) is 19.9. The molecule has 0 aromatic heterocycles. The molecule has 2 aliphatic heterocycles. The number of hydrazine groups is 1. The molecule has 1 aromatic carbocycles. The molecule has 2 fully saturated rings. The molecule has 2 saturated heterocycles. The zero-order valence-electron chi connectivity index (χ0n) is 9.37. The van der Waals surface area contributed by atoms with Crippen LogP contribution in [0, 0.1) is 0 Å². The Kier molecular flexibility index (Phi) is 2.26. The molecule has 0 bridgehead atoms. The van der Waals surface area contributed by atoms with Crippen molar-refractivity contribution in [2.45, 2.75) is 0 Å². The number of carbonyl (C=O) groups excluding carboxylic acids is 1. The van der Waals surface area contributed by atoms with Gasteiger partial charge in [-0.2, -0.15) is 0 Å². The average Bonchev–Trinajstić information content (AvgIpc) is 2.64. The molecule has 0 unspecified atom stereocenters. The van der Waals surface area contributed by atoms with E-state index in [0.29, 0.717) is 25.7 Å². The lowest BCUT2D eigenvalue weighted by Gasteiger charge is -2.31. The third-order valence-corrected chi connectivity index (χ3v) is 2.93. The van der Waals surface area contributed by atoms with Crippen molar-refractivity contribution in [2.24, 2.45) is 0 Å². The number of nitrogens with zero attached hydrogens (tertiary/aromatic N) is 3. The Bertz CT molecular complexity index is 436. The molecule has 2 heterocycles. The van der Waals surface area contributed by atoms with Crippen LogP contribution in [-0.2, 0) is 4.74 Å². The summed E-state index contributed by atoms with van der Waals surface area (Å²) in [7, 11) is 0. The largest absolute Gasteiger partial charge is 0.357 e. The molecule has 0 radical (unpaired) electrons. The zero-order valence-corrected chi connectivity index (χ0v) is 9.37. The minimum absolute atomic E-state index is 0.110. The number of hydrogen-bond acceptors (Lipinski definition) is 3. The Labute approximate surface area is 99.4 Å². The molecule has 88 valence electrons. The van der Waals surface area contributed by atoms with Crippen LogP contribution in [0.3, 0.4) is 0 Å². The first-order chi connectivity index (χ1) is 8.29. The third-order valence-electron chi connectivity index (χ3n) is 2.93. The van der Waals surface area contributed by atoms with Crippen LogP contribution in [0.1, 0.15) is 0 Å². The minimum atomic E-state index is -0.110. The highest BCUT2D eigenvalue weighted by Crippen LogP contribution is 2.30. The first kappa shape index (κ1) is 10.2. The summed E-state index contributed by atoms with van der Waals surface area (Å²) in [5, 5.41) is 3.43. The quantitative estimate of drug-likeness (QED) is 0.736. The molecule has 17 heavy (non-hydrogen) atoms. The number of para-hydroxylation sites is 1. The lowest BCUT2D eigenvalue weighted by molar-refractivity contribution is -0.0913. The maximum atomic E-state index is 12.2. The number of fused-ring (bicyclic) bond motifs is 1. The second-order valence-corrected chi connectivity index (χ2v) is 3.93. The van der Waals surface area contributed by atoms with E-state index >= 15 is 0 Å². The van der Waals surface area contributed by atoms with Crippen molar-refractivity contribution in [1.82, 2.24) is 10.0 Å². The number of anilines is 1. The fourth-order valence-corrected chi connectivity index (χ4v) is 2.10. The minimum Gasteiger partial charge on any atom is -0.357 e. The molecule has 5 heteroatoms.